The van der Waals surface area contributed by atoms with Crippen LogP contribution in [0.1, 0.15) is 17.9 Å². The highest BCUT2D eigenvalue weighted by atomic mass is 35.5. The maximum Gasteiger partial charge on any atom is 0.146 e. The van der Waals surface area contributed by atoms with Crippen molar-refractivity contribution in [2.24, 2.45) is 5.73 Å². The lowest BCUT2D eigenvalue weighted by Crippen LogP contribution is -2.46. The maximum absolute atomic E-state index is 14.0. The molecule has 2 nitrogen and oxygen atoms in total. The minimum atomic E-state index is -0.449. The predicted molar refractivity (Wildman–Crippen MR) is 85.4 cm³/mol. The minimum absolute atomic E-state index is 0.0969. The standard InChI is InChI=1S/C17H17ClF2N2/c18-13-3-1-2-11(6-13)12-7-15(21)10-22(9-12)17-8-14(19)4-5-16(17)20/h1-6,8,12,15H,7,9-10,21H2. The summed E-state index contributed by atoms with van der Waals surface area (Å²) in [5, 5.41) is 0.667. The van der Waals surface area contributed by atoms with E-state index in [-0.39, 0.29) is 17.6 Å². The van der Waals surface area contributed by atoms with E-state index in [0.717, 1.165) is 24.1 Å². The summed E-state index contributed by atoms with van der Waals surface area (Å²) in [5.41, 5.74) is 7.47. The quantitative estimate of drug-likeness (QED) is 0.907. The van der Waals surface area contributed by atoms with E-state index in [2.05, 4.69) is 0 Å². The molecule has 2 unspecified atom stereocenters. The van der Waals surface area contributed by atoms with Crippen LogP contribution in [0.25, 0.3) is 0 Å². The van der Waals surface area contributed by atoms with Crippen LogP contribution in [-0.4, -0.2) is 19.1 Å². The Morgan fingerprint density at radius 1 is 1.09 bits per heavy atom. The summed E-state index contributed by atoms with van der Waals surface area (Å²) in [4.78, 5) is 1.82. The lowest BCUT2D eigenvalue weighted by Gasteiger charge is -2.38. The molecule has 2 N–H and O–H groups in total. The molecule has 1 aliphatic heterocycles. The van der Waals surface area contributed by atoms with Crippen molar-refractivity contribution in [3.63, 3.8) is 0 Å². The second-order valence-electron chi connectivity index (χ2n) is 5.75. The predicted octanol–water partition coefficient (Wildman–Crippen LogP) is 3.94. The summed E-state index contributed by atoms with van der Waals surface area (Å²) in [6, 6.07) is 11.0. The van der Waals surface area contributed by atoms with Crippen molar-refractivity contribution in [2.45, 2.75) is 18.4 Å². The Morgan fingerprint density at radius 2 is 1.91 bits per heavy atom. The van der Waals surface area contributed by atoms with Gasteiger partial charge in [-0.25, -0.2) is 8.78 Å². The van der Waals surface area contributed by atoms with Gasteiger partial charge in [0.15, 0.2) is 0 Å². The largest absolute Gasteiger partial charge is 0.367 e. The smallest absolute Gasteiger partial charge is 0.146 e. The molecule has 1 saturated heterocycles. The van der Waals surface area contributed by atoms with E-state index in [9.17, 15) is 8.78 Å². The highest BCUT2D eigenvalue weighted by Crippen LogP contribution is 2.32. The van der Waals surface area contributed by atoms with Crippen LogP contribution >= 0.6 is 11.6 Å². The van der Waals surface area contributed by atoms with Crippen LogP contribution in [0.3, 0.4) is 0 Å². The average Bonchev–Trinajstić information content (AvgIpc) is 2.49. The first-order chi connectivity index (χ1) is 10.5. The summed E-state index contributed by atoms with van der Waals surface area (Å²) < 4.78 is 27.4. The first-order valence-corrected chi connectivity index (χ1v) is 7.62. The van der Waals surface area contributed by atoms with Crippen molar-refractivity contribution in [1.29, 1.82) is 0 Å². The van der Waals surface area contributed by atoms with E-state index >= 15 is 0 Å². The number of halogens is 3. The Balaban J connectivity index is 1.89. The van der Waals surface area contributed by atoms with Crippen molar-refractivity contribution < 1.29 is 8.78 Å². The van der Waals surface area contributed by atoms with Crippen molar-refractivity contribution >= 4 is 17.3 Å². The fraction of sp³-hybridized carbons (Fsp3) is 0.294. The third-order valence-electron chi connectivity index (χ3n) is 4.05. The lowest BCUT2D eigenvalue weighted by molar-refractivity contribution is 0.448. The van der Waals surface area contributed by atoms with Crippen LogP contribution in [0.15, 0.2) is 42.5 Å². The van der Waals surface area contributed by atoms with Crippen molar-refractivity contribution in [2.75, 3.05) is 18.0 Å². The van der Waals surface area contributed by atoms with E-state index < -0.39 is 11.6 Å². The maximum atomic E-state index is 14.0. The van der Waals surface area contributed by atoms with Crippen LogP contribution < -0.4 is 10.6 Å². The SMILES string of the molecule is NC1CC(c2cccc(Cl)c2)CN(c2cc(F)ccc2F)C1. The van der Waals surface area contributed by atoms with Crippen LogP contribution in [0.4, 0.5) is 14.5 Å². The molecule has 2 aromatic carbocycles. The Labute approximate surface area is 133 Å². The minimum Gasteiger partial charge on any atom is -0.367 e. The Hall–Kier alpha value is -1.65. The van der Waals surface area contributed by atoms with E-state index in [1.165, 1.54) is 6.07 Å². The second kappa shape index (κ2) is 6.23. The van der Waals surface area contributed by atoms with Crippen LogP contribution in [0, 0.1) is 11.6 Å². The summed E-state index contributed by atoms with van der Waals surface area (Å²) in [6.45, 7) is 1.10. The van der Waals surface area contributed by atoms with Crippen molar-refractivity contribution in [3.05, 3.63) is 64.7 Å². The molecule has 0 aliphatic carbocycles. The van der Waals surface area contributed by atoms with Gasteiger partial charge in [0.25, 0.3) is 0 Å². The Bertz CT molecular complexity index is 677. The van der Waals surface area contributed by atoms with Gasteiger partial charge in [-0.3, -0.25) is 0 Å². The number of nitrogens with two attached hydrogens (primary N) is 1. The topological polar surface area (TPSA) is 29.3 Å². The van der Waals surface area contributed by atoms with Gasteiger partial charge in [0.05, 0.1) is 5.69 Å². The number of benzene rings is 2. The van der Waals surface area contributed by atoms with Crippen LogP contribution in [0.5, 0.6) is 0 Å². The molecule has 0 amide bonds. The second-order valence-corrected chi connectivity index (χ2v) is 6.18. The van der Waals surface area contributed by atoms with Gasteiger partial charge in [-0.1, -0.05) is 23.7 Å². The first kappa shape index (κ1) is 15.3. The molecule has 0 bridgehead atoms. The fourth-order valence-corrected chi connectivity index (χ4v) is 3.26. The fourth-order valence-electron chi connectivity index (χ4n) is 3.07. The normalized spacial score (nSPS) is 21.9. The van der Waals surface area contributed by atoms with Crippen LogP contribution in [-0.2, 0) is 0 Å². The third-order valence-corrected chi connectivity index (χ3v) is 4.29. The number of hydrogen-bond donors (Lipinski definition) is 1. The van der Waals surface area contributed by atoms with Gasteiger partial charge in [0.2, 0.25) is 0 Å². The molecule has 116 valence electrons. The highest BCUT2D eigenvalue weighted by molar-refractivity contribution is 6.30. The highest BCUT2D eigenvalue weighted by Gasteiger charge is 2.28. The number of rotatable bonds is 2. The number of anilines is 1. The molecule has 5 heteroatoms. The molecule has 2 atom stereocenters. The van der Waals surface area contributed by atoms with Gasteiger partial charge in [-0.15, -0.1) is 0 Å². The molecular weight excluding hydrogens is 306 g/mol. The van der Waals surface area contributed by atoms with Crippen molar-refractivity contribution in [3.8, 4) is 0 Å². The zero-order valence-electron chi connectivity index (χ0n) is 12.0. The molecule has 1 fully saturated rings. The lowest BCUT2D eigenvalue weighted by atomic mass is 9.88. The molecule has 0 spiro atoms. The Morgan fingerprint density at radius 3 is 2.68 bits per heavy atom. The van der Waals surface area contributed by atoms with Gasteiger partial charge >= 0.3 is 0 Å². The third kappa shape index (κ3) is 3.23. The van der Waals surface area contributed by atoms with E-state index in [0.29, 0.717) is 18.1 Å². The molecule has 0 radical (unpaired) electrons. The summed E-state index contributed by atoms with van der Waals surface area (Å²) in [7, 11) is 0. The number of piperidine rings is 1. The molecule has 1 heterocycles. The number of hydrogen-bond acceptors (Lipinski definition) is 2. The summed E-state index contributed by atoms with van der Waals surface area (Å²) in [5.74, 6) is -0.736. The van der Waals surface area contributed by atoms with E-state index in [1.807, 2.05) is 29.2 Å². The molecule has 3 rings (SSSR count). The van der Waals surface area contributed by atoms with Gasteiger partial charge in [-0.05, 0) is 36.2 Å². The van der Waals surface area contributed by atoms with Gasteiger partial charge in [0.1, 0.15) is 11.6 Å². The Kier molecular flexibility index (Phi) is 4.32. The molecule has 0 aromatic heterocycles. The first-order valence-electron chi connectivity index (χ1n) is 7.24. The molecule has 2 aromatic rings. The van der Waals surface area contributed by atoms with Crippen LogP contribution in [0.2, 0.25) is 5.02 Å². The van der Waals surface area contributed by atoms with Gasteiger partial charge in [-0.2, -0.15) is 0 Å². The molecule has 1 aliphatic rings. The van der Waals surface area contributed by atoms with E-state index in [1.54, 1.807) is 0 Å². The van der Waals surface area contributed by atoms with Gasteiger partial charge < -0.3 is 10.6 Å². The van der Waals surface area contributed by atoms with Gasteiger partial charge in [0, 0.05) is 36.1 Å². The van der Waals surface area contributed by atoms with E-state index in [4.69, 9.17) is 17.3 Å². The monoisotopic (exact) mass is 322 g/mol. The molecular formula is C17H17ClF2N2. The molecule has 0 saturated carbocycles. The zero-order valence-corrected chi connectivity index (χ0v) is 12.7. The van der Waals surface area contributed by atoms with Crippen molar-refractivity contribution in [1.82, 2.24) is 0 Å². The number of nitrogens with zero attached hydrogens (tertiary/aromatic N) is 1. The molecule has 22 heavy (non-hydrogen) atoms. The summed E-state index contributed by atoms with van der Waals surface area (Å²) >= 11 is 6.05. The average molecular weight is 323 g/mol. The summed E-state index contributed by atoms with van der Waals surface area (Å²) in [6.07, 6.45) is 0.799. The zero-order chi connectivity index (χ0) is 15.7.